The van der Waals surface area contributed by atoms with Crippen LogP contribution in [0, 0.1) is 17.8 Å². The summed E-state index contributed by atoms with van der Waals surface area (Å²) in [5.41, 5.74) is 2.16. The minimum atomic E-state index is -0.0495. The molecule has 2 aromatic rings. The van der Waals surface area contributed by atoms with Crippen molar-refractivity contribution in [2.45, 2.75) is 45.1 Å². The lowest BCUT2D eigenvalue weighted by atomic mass is 9.82. The van der Waals surface area contributed by atoms with E-state index in [1.54, 1.807) is 0 Å². The number of hydrogen-bond acceptors (Lipinski definition) is 4. The van der Waals surface area contributed by atoms with Gasteiger partial charge < -0.3 is 14.0 Å². The molecule has 2 aliphatic rings. The van der Waals surface area contributed by atoms with E-state index in [4.69, 9.17) is 9.47 Å². The summed E-state index contributed by atoms with van der Waals surface area (Å²) in [5, 5.41) is 0. The van der Waals surface area contributed by atoms with Crippen molar-refractivity contribution < 1.29 is 14.3 Å². The molecule has 0 saturated heterocycles. The van der Waals surface area contributed by atoms with Crippen LogP contribution in [-0.4, -0.2) is 29.2 Å². The van der Waals surface area contributed by atoms with E-state index >= 15 is 0 Å². The van der Waals surface area contributed by atoms with Crippen LogP contribution < -0.4 is 4.74 Å². The molecule has 0 atom stereocenters. The van der Waals surface area contributed by atoms with Crippen LogP contribution in [0.15, 0.2) is 24.5 Å². The van der Waals surface area contributed by atoms with Gasteiger partial charge in [-0.1, -0.05) is 0 Å². The van der Waals surface area contributed by atoms with Gasteiger partial charge in [-0.2, -0.15) is 0 Å². The van der Waals surface area contributed by atoms with Crippen LogP contribution >= 0.6 is 0 Å². The molecule has 5 heteroatoms. The van der Waals surface area contributed by atoms with Gasteiger partial charge in [-0.25, -0.2) is 0 Å². The van der Waals surface area contributed by atoms with Gasteiger partial charge >= 0.3 is 5.97 Å². The molecule has 4 rings (SSSR count). The first kappa shape index (κ1) is 16.4. The summed E-state index contributed by atoms with van der Waals surface area (Å²) >= 11 is 0. The van der Waals surface area contributed by atoms with Crippen LogP contribution in [0.25, 0.3) is 11.0 Å². The standard InChI is InChI=1S/C20H26N2O3/c1-24-20(23)16-6-4-14(5-7-16)12-22-9-8-18-19(22)10-17(11-21-18)25-13-15-2-3-15/h8-11,14-16H,2-7,12-13H2,1H3/t14-,16-. The van der Waals surface area contributed by atoms with Crippen LogP contribution in [0.1, 0.15) is 38.5 Å². The molecule has 0 spiro atoms. The zero-order chi connectivity index (χ0) is 17.2. The highest BCUT2D eigenvalue weighted by Crippen LogP contribution is 2.32. The molecule has 2 fully saturated rings. The molecular weight excluding hydrogens is 316 g/mol. The van der Waals surface area contributed by atoms with Crippen molar-refractivity contribution in [3.63, 3.8) is 0 Å². The number of rotatable bonds is 6. The minimum Gasteiger partial charge on any atom is -0.492 e. The monoisotopic (exact) mass is 342 g/mol. The third-order valence-corrected chi connectivity index (χ3v) is 5.61. The van der Waals surface area contributed by atoms with Crippen molar-refractivity contribution in [3.05, 3.63) is 24.5 Å². The van der Waals surface area contributed by atoms with Crippen molar-refractivity contribution in [1.82, 2.24) is 9.55 Å². The Hall–Kier alpha value is -2.04. The molecule has 0 bridgehead atoms. The van der Waals surface area contributed by atoms with Crippen LogP contribution in [-0.2, 0) is 16.1 Å². The highest BCUT2D eigenvalue weighted by molar-refractivity contribution is 5.77. The summed E-state index contributed by atoms with van der Waals surface area (Å²) in [6.45, 7) is 1.79. The predicted octanol–water partition coefficient (Wildman–Crippen LogP) is 3.80. The molecule has 5 nitrogen and oxygen atoms in total. The SMILES string of the molecule is COC(=O)[C@H]1CC[C@H](Cn2ccc3ncc(OCC4CC4)cc32)CC1. The van der Waals surface area contributed by atoms with E-state index < -0.39 is 0 Å². The molecule has 0 N–H and O–H groups in total. The number of esters is 1. The second-order valence-corrected chi connectivity index (χ2v) is 7.54. The molecular formula is C20H26N2O3. The lowest BCUT2D eigenvalue weighted by Gasteiger charge is -2.27. The van der Waals surface area contributed by atoms with Crippen molar-refractivity contribution in [2.24, 2.45) is 17.8 Å². The summed E-state index contributed by atoms with van der Waals surface area (Å²) in [6.07, 6.45) is 10.6. The average molecular weight is 342 g/mol. The third-order valence-electron chi connectivity index (χ3n) is 5.61. The van der Waals surface area contributed by atoms with Gasteiger partial charge in [0.15, 0.2) is 0 Å². The molecule has 0 unspecified atom stereocenters. The Morgan fingerprint density at radius 1 is 1.20 bits per heavy atom. The van der Waals surface area contributed by atoms with Crippen molar-refractivity contribution in [1.29, 1.82) is 0 Å². The molecule has 0 radical (unpaired) electrons. The fourth-order valence-electron chi connectivity index (χ4n) is 3.81. The van der Waals surface area contributed by atoms with Gasteiger partial charge in [0.05, 0.1) is 36.9 Å². The first-order chi connectivity index (χ1) is 12.2. The van der Waals surface area contributed by atoms with Crippen LogP contribution in [0.3, 0.4) is 0 Å². The molecule has 2 saturated carbocycles. The number of carbonyl (C=O) groups is 1. The fourth-order valence-corrected chi connectivity index (χ4v) is 3.81. The number of nitrogens with zero attached hydrogens (tertiary/aromatic N) is 2. The predicted molar refractivity (Wildman–Crippen MR) is 95.4 cm³/mol. The molecule has 2 heterocycles. The maximum absolute atomic E-state index is 11.7. The van der Waals surface area contributed by atoms with E-state index in [2.05, 4.69) is 27.9 Å². The lowest BCUT2D eigenvalue weighted by molar-refractivity contribution is -0.146. The second-order valence-electron chi connectivity index (χ2n) is 7.54. The van der Waals surface area contributed by atoms with Crippen molar-refractivity contribution >= 4 is 17.0 Å². The van der Waals surface area contributed by atoms with Crippen molar-refractivity contribution in [3.8, 4) is 5.75 Å². The first-order valence-corrected chi connectivity index (χ1v) is 9.38. The highest BCUT2D eigenvalue weighted by Gasteiger charge is 2.27. The molecule has 0 amide bonds. The number of carbonyl (C=O) groups excluding carboxylic acids is 1. The van der Waals surface area contributed by atoms with Crippen LogP contribution in [0.5, 0.6) is 5.75 Å². The smallest absolute Gasteiger partial charge is 0.308 e. The Morgan fingerprint density at radius 2 is 1.96 bits per heavy atom. The minimum absolute atomic E-state index is 0.0495. The number of aromatic nitrogens is 2. The van der Waals surface area contributed by atoms with E-state index in [0.717, 1.165) is 61.5 Å². The normalized spacial score (nSPS) is 23.6. The Morgan fingerprint density at radius 3 is 2.68 bits per heavy atom. The molecule has 0 aromatic carbocycles. The summed E-state index contributed by atoms with van der Waals surface area (Å²) in [4.78, 5) is 16.2. The third kappa shape index (κ3) is 3.80. The Bertz CT molecular complexity index is 742. The Kier molecular flexibility index (Phi) is 4.64. The van der Waals surface area contributed by atoms with E-state index in [1.807, 2.05) is 6.20 Å². The largest absolute Gasteiger partial charge is 0.492 e. The quantitative estimate of drug-likeness (QED) is 0.749. The number of hydrogen-bond donors (Lipinski definition) is 0. The van der Waals surface area contributed by atoms with Gasteiger partial charge in [-0.15, -0.1) is 0 Å². The van der Waals surface area contributed by atoms with E-state index in [9.17, 15) is 4.79 Å². The van der Waals surface area contributed by atoms with Gasteiger partial charge in [-0.05, 0) is 56.4 Å². The van der Waals surface area contributed by atoms with Gasteiger partial charge in [0, 0.05) is 18.8 Å². The summed E-state index contributed by atoms with van der Waals surface area (Å²) in [5.74, 6) is 2.26. The van der Waals surface area contributed by atoms with Gasteiger partial charge in [0.2, 0.25) is 0 Å². The Balaban J connectivity index is 1.40. The van der Waals surface area contributed by atoms with Gasteiger partial charge in [0.25, 0.3) is 0 Å². The summed E-state index contributed by atoms with van der Waals surface area (Å²) in [6, 6.07) is 4.19. The summed E-state index contributed by atoms with van der Waals surface area (Å²) in [7, 11) is 1.48. The zero-order valence-corrected chi connectivity index (χ0v) is 14.8. The second kappa shape index (κ2) is 7.06. The molecule has 2 aliphatic carbocycles. The maximum Gasteiger partial charge on any atom is 0.308 e. The zero-order valence-electron chi connectivity index (χ0n) is 14.8. The molecule has 134 valence electrons. The highest BCUT2D eigenvalue weighted by atomic mass is 16.5. The fraction of sp³-hybridized carbons (Fsp3) is 0.600. The maximum atomic E-state index is 11.7. The molecule has 2 aromatic heterocycles. The van der Waals surface area contributed by atoms with E-state index in [1.165, 1.54) is 20.0 Å². The number of methoxy groups -OCH3 is 1. The summed E-state index contributed by atoms with van der Waals surface area (Å²) < 4.78 is 13.0. The number of fused-ring (bicyclic) bond motifs is 1. The van der Waals surface area contributed by atoms with Gasteiger partial charge in [-0.3, -0.25) is 9.78 Å². The van der Waals surface area contributed by atoms with Crippen molar-refractivity contribution in [2.75, 3.05) is 13.7 Å². The topological polar surface area (TPSA) is 53.4 Å². The van der Waals surface area contributed by atoms with E-state index in [-0.39, 0.29) is 11.9 Å². The van der Waals surface area contributed by atoms with Crippen LogP contribution in [0.4, 0.5) is 0 Å². The lowest BCUT2D eigenvalue weighted by Crippen LogP contribution is -2.24. The van der Waals surface area contributed by atoms with Crippen LogP contribution in [0.2, 0.25) is 0 Å². The first-order valence-electron chi connectivity index (χ1n) is 9.38. The van der Waals surface area contributed by atoms with E-state index in [0.29, 0.717) is 5.92 Å². The average Bonchev–Trinajstić information content (AvgIpc) is 3.41. The number of ether oxygens (including phenoxy) is 2. The number of pyridine rings is 1. The molecule has 0 aliphatic heterocycles. The van der Waals surface area contributed by atoms with Gasteiger partial charge in [0.1, 0.15) is 5.75 Å². The Labute approximate surface area is 148 Å². The molecule has 25 heavy (non-hydrogen) atoms.